The van der Waals surface area contributed by atoms with Crippen LogP contribution in [0, 0.1) is 0 Å². The quantitative estimate of drug-likeness (QED) is 0.806. The molecule has 26 heavy (non-hydrogen) atoms. The molecule has 6 nitrogen and oxygen atoms in total. The van der Waals surface area contributed by atoms with E-state index < -0.39 is 5.91 Å². The van der Waals surface area contributed by atoms with Crippen molar-refractivity contribution in [3.05, 3.63) is 47.0 Å². The molecular weight excluding hydrogens is 352 g/mol. The SMILES string of the molecule is CCn1ccnc1C1CCCN(Cc2ccc(OCC(N)=O)c(Cl)c2)C1. The smallest absolute Gasteiger partial charge is 0.255 e. The van der Waals surface area contributed by atoms with Gasteiger partial charge in [0.15, 0.2) is 6.61 Å². The number of primary amides is 1. The van der Waals surface area contributed by atoms with Crippen LogP contribution < -0.4 is 10.5 Å². The Kier molecular flexibility index (Phi) is 6.16. The Morgan fingerprint density at radius 3 is 3.04 bits per heavy atom. The lowest BCUT2D eigenvalue weighted by Crippen LogP contribution is -2.34. The molecule has 0 saturated carbocycles. The van der Waals surface area contributed by atoms with Gasteiger partial charge in [-0.15, -0.1) is 0 Å². The predicted molar refractivity (Wildman–Crippen MR) is 101 cm³/mol. The molecule has 1 atom stereocenters. The fourth-order valence-corrected chi connectivity index (χ4v) is 3.78. The standard InChI is InChI=1S/C19H25ClN4O2/c1-2-24-9-7-22-19(24)15-4-3-8-23(12-15)11-14-5-6-17(16(20)10-14)26-13-18(21)25/h5-7,9-10,15H,2-4,8,11-13H2,1H3,(H2,21,25). The number of halogens is 1. The molecule has 1 saturated heterocycles. The third-order valence-corrected chi connectivity index (χ3v) is 5.03. The lowest BCUT2D eigenvalue weighted by molar-refractivity contribution is -0.119. The highest BCUT2D eigenvalue weighted by molar-refractivity contribution is 6.32. The van der Waals surface area contributed by atoms with Crippen LogP contribution in [0.1, 0.15) is 37.1 Å². The molecular formula is C19H25ClN4O2. The molecule has 1 aliphatic rings. The number of likely N-dealkylation sites (tertiary alicyclic amines) is 1. The van der Waals surface area contributed by atoms with Crippen molar-refractivity contribution >= 4 is 17.5 Å². The van der Waals surface area contributed by atoms with Crippen LogP contribution in [-0.2, 0) is 17.9 Å². The van der Waals surface area contributed by atoms with Crippen LogP contribution in [0.2, 0.25) is 5.02 Å². The summed E-state index contributed by atoms with van der Waals surface area (Å²) in [5.74, 6) is 1.61. The number of rotatable bonds is 7. The topological polar surface area (TPSA) is 73.4 Å². The summed E-state index contributed by atoms with van der Waals surface area (Å²) in [6.07, 6.45) is 6.28. The molecule has 2 heterocycles. The lowest BCUT2D eigenvalue weighted by Gasteiger charge is -2.32. The van der Waals surface area contributed by atoms with Gasteiger partial charge in [0, 0.05) is 37.9 Å². The Morgan fingerprint density at radius 1 is 1.46 bits per heavy atom. The number of carbonyl (C=O) groups is 1. The summed E-state index contributed by atoms with van der Waals surface area (Å²) < 4.78 is 7.54. The number of imidazole rings is 1. The van der Waals surface area contributed by atoms with Crippen LogP contribution in [0.15, 0.2) is 30.6 Å². The van der Waals surface area contributed by atoms with E-state index in [1.165, 1.54) is 12.2 Å². The second-order valence-corrected chi connectivity index (χ2v) is 7.07. The summed E-state index contributed by atoms with van der Waals surface area (Å²) in [7, 11) is 0. The highest BCUT2D eigenvalue weighted by Gasteiger charge is 2.24. The molecule has 1 aliphatic heterocycles. The van der Waals surface area contributed by atoms with Crippen molar-refractivity contribution in [1.82, 2.24) is 14.5 Å². The van der Waals surface area contributed by atoms with E-state index in [0.717, 1.165) is 38.2 Å². The Balaban J connectivity index is 1.63. The average molecular weight is 377 g/mol. The van der Waals surface area contributed by atoms with Gasteiger partial charge in [0.2, 0.25) is 0 Å². The maximum absolute atomic E-state index is 10.8. The summed E-state index contributed by atoms with van der Waals surface area (Å²) in [6.45, 7) is 5.83. The van der Waals surface area contributed by atoms with Crippen molar-refractivity contribution in [2.75, 3.05) is 19.7 Å². The molecule has 2 N–H and O–H groups in total. The minimum Gasteiger partial charge on any atom is -0.482 e. The maximum Gasteiger partial charge on any atom is 0.255 e. The van der Waals surface area contributed by atoms with Gasteiger partial charge in [-0.05, 0) is 44.0 Å². The number of amides is 1. The fraction of sp³-hybridized carbons (Fsp3) is 0.474. The number of aryl methyl sites for hydroxylation is 1. The monoisotopic (exact) mass is 376 g/mol. The number of hydrogen-bond acceptors (Lipinski definition) is 4. The zero-order valence-corrected chi connectivity index (χ0v) is 15.8. The molecule has 0 aliphatic carbocycles. The van der Waals surface area contributed by atoms with Gasteiger partial charge >= 0.3 is 0 Å². The van der Waals surface area contributed by atoms with Gasteiger partial charge < -0.3 is 15.0 Å². The second-order valence-electron chi connectivity index (χ2n) is 6.67. The van der Waals surface area contributed by atoms with Crippen molar-refractivity contribution in [3.8, 4) is 5.75 Å². The summed E-state index contributed by atoms with van der Waals surface area (Å²) >= 11 is 6.27. The normalized spacial score (nSPS) is 18.0. The molecule has 1 aromatic carbocycles. The maximum atomic E-state index is 10.8. The number of aromatic nitrogens is 2. The van der Waals surface area contributed by atoms with Gasteiger partial charge in [0.25, 0.3) is 5.91 Å². The van der Waals surface area contributed by atoms with Crippen LogP contribution >= 0.6 is 11.6 Å². The van der Waals surface area contributed by atoms with Crippen LogP contribution in [0.5, 0.6) is 5.75 Å². The Hall–Kier alpha value is -2.05. The van der Waals surface area contributed by atoms with Crippen LogP contribution in [0.4, 0.5) is 0 Å². The first-order valence-corrected chi connectivity index (χ1v) is 9.37. The predicted octanol–water partition coefficient (Wildman–Crippen LogP) is 2.80. The average Bonchev–Trinajstić information content (AvgIpc) is 3.10. The largest absolute Gasteiger partial charge is 0.482 e. The summed E-state index contributed by atoms with van der Waals surface area (Å²) in [4.78, 5) is 17.8. The molecule has 1 amide bonds. The molecule has 3 rings (SSSR count). The first kappa shape index (κ1) is 18.7. The van der Waals surface area contributed by atoms with Gasteiger partial charge in [-0.3, -0.25) is 9.69 Å². The molecule has 0 bridgehead atoms. The first-order chi connectivity index (χ1) is 12.6. The third-order valence-electron chi connectivity index (χ3n) is 4.73. The number of nitrogens with two attached hydrogens (primary N) is 1. The van der Waals surface area contributed by atoms with Gasteiger partial charge in [0.1, 0.15) is 11.6 Å². The zero-order valence-electron chi connectivity index (χ0n) is 15.0. The number of hydrogen-bond donors (Lipinski definition) is 1. The highest BCUT2D eigenvalue weighted by atomic mass is 35.5. The number of carbonyl (C=O) groups excluding carboxylic acids is 1. The molecule has 1 aromatic heterocycles. The third kappa shape index (κ3) is 4.56. The molecule has 0 radical (unpaired) electrons. The first-order valence-electron chi connectivity index (χ1n) is 8.99. The Morgan fingerprint density at radius 2 is 2.31 bits per heavy atom. The van der Waals surface area contributed by atoms with Gasteiger partial charge in [-0.2, -0.15) is 0 Å². The van der Waals surface area contributed by atoms with E-state index in [0.29, 0.717) is 16.7 Å². The molecule has 1 fully saturated rings. The number of benzene rings is 1. The molecule has 7 heteroatoms. The van der Waals surface area contributed by atoms with Crippen LogP contribution in [-0.4, -0.2) is 40.1 Å². The van der Waals surface area contributed by atoms with E-state index in [-0.39, 0.29) is 6.61 Å². The fourth-order valence-electron chi connectivity index (χ4n) is 3.52. The van der Waals surface area contributed by atoms with E-state index in [9.17, 15) is 4.79 Å². The van der Waals surface area contributed by atoms with E-state index >= 15 is 0 Å². The van der Waals surface area contributed by atoms with Gasteiger partial charge in [-0.25, -0.2) is 4.98 Å². The zero-order chi connectivity index (χ0) is 18.5. The van der Waals surface area contributed by atoms with E-state index in [2.05, 4.69) is 27.6 Å². The molecule has 0 spiro atoms. The van der Waals surface area contributed by atoms with E-state index in [4.69, 9.17) is 22.1 Å². The van der Waals surface area contributed by atoms with Crippen molar-refractivity contribution in [2.45, 2.75) is 38.8 Å². The van der Waals surface area contributed by atoms with Crippen molar-refractivity contribution in [3.63, 3.8) is 0 Å². The summed E-state index contributed by atoms with van der Waals surface area (Å²) in [5, 5.41) is 0.499. The van der Waals surface area contributed by atoms with E-state index in [1.807, 2.05) is 18.3 Å². The van der Waals surface area contributed by atoms with Crippen molar-refractivity contribution < 1.29 is 9.53 Å². The number of ether oxygens (including phenoxy) is 1. The van der Waals surface area contributed by atoms with Gasteiger partial charge in [0.05, 0.1) is 5.02 Å². The Bertz CT molecular complexity index is 762. The Labute approximate surface area is 158 Å². The van der Waals surface area contributed by atoms with Crippen LogP contribution in [0.25, 0.3) is 0 Å². The molecule has 1 unspecified atom stereocenters. The number of piperidine rings is 1. The summed E-state index contributed by atoms with van der Waals surface area (Å²) in [6, 6.07) is 5.68. The highest BCUT2D eigenvalue weighted by Crippen LogP contribution is 2.29. The minimum absolute atomic E-state index is 0.170. The number of nitrogens with zero attached hydrogens (tertiary/aromatic N) is 3. The summed E-state index contributed by atoms with van der Waals surface area (Å²) in [5.41, 5.74) is 6.22. The van der Waals surface area contributed by atoms with Crippen LogP contribution in [0.3, 0.4) is 0 Å². The van der Waals surface area contributed by atoms with E-state index in [1.54, 1.807) is 6.07 Å². The van der Waals surface area contributed by atoms with Crippen molar-refractivity contribution in [2.24, 2.45) is 5.73 Å². The minimum atomic E-state index is -0.519. The lowest BCUT2D eigenvalue weighted by atomic mass is 9.96. The van der Waals surface area contributed by atoms with Crippen molar-refractivity contribution in [1.29, 1.82) is 0 Å². The van der Waals surface area contributed by atoms with Gasteiger partial charge in [-0.1, -0.05) is 17.7 Å². The molecule has 140 valence electrons. The second kappa shape index (κ2) is 8.56. The molecule has 2 aromatic rings.